The number of carboxylic acids is 1. The van der Waals surface area contributed by atoms with Gasteiger partial charge in [-0.1, -0.05) is 43.4 Å². The number of hydrogen-bond donors (Lipinski definition) is 1. The van der Waals surface area contributed by atoms with Gasteiger partial charge in [-0.05, 0) is 36.6 Å². The molecule has 0 aliphatic heterocycles. The highest BCUT2D eigenvalue weighted by molar-refractivity contribution is 6.31. The predicted octanol–water partition coefficient (Wildman–Crippen LogP) is 4.60. The Morgan fingerprint density at radius 3 is 2.57 bits per heavy atom. The molecular formula is C17H22ClNO2. The number of carboxylic acid groups (broad SMARTS) is 1. The van der Waals surface area contributed by atoms with Gasteiger partial charge in [0.05, 0.1) is 0 Å². The van der Waals surface area contributed by atoms with Gasteiger partial charge in [0.2, 0.25) is 0 Å². The quantitative estimate of drug-likeness (QED) is 0.653. The Bertz CT molecular complexity index is 520. The fourth-order valence-corrected chi connectivity index (χ4v) is 3.13. The van der Waals surface area contributed by atoms with Crippen LogP contribution in [0.15, 0.2) is 24.3 Å². The summed E-state index contributed by atoms with van der Waals surface area (Å²) in [5.74, 6) is -0.937. The molecule has 1 aliphatic rings. The van der Waals surface area contributed by atoms with E-state index < -0.39 is 5.97 Å². The van der Waals surface area contributed by atoms with E-state index in [2.05, 4.69) is 11.9 Å². The van der Waals surface area contributed by atoms with Crippen molar-refractivity contribution in [3.8, 4) is 0 Å². The molecule has 3 nitrogen and oxygen atoms in total. The molecule has 1 saturated carbocycles. The number of carbonyl (C=O) groups is 1. The molecule has 2 rings (SSSR count). The maximum absolute atomic E-state index is 10.7. The number of benzene rings is 1. The van der Waals surface area contributed by atoms with Crippen molar-refractivity contribution in [2.24, 2.45) is 0 Å². The molecule has 0 saturated heterocycles. The molecule has 1 aromatic rings. The molecule has 1 fully saturated rings. The highest BCUT2D eigenvalue weighted by Gasteiger charge is 2.19. The summed E-state index contributed by atoms with van der Waals surface area (Å²) in [6.45, 7) is 0. The maximum Gasteiger partial charge on any atom is 0.328 e. The van der Waals surface area contributed by atoms with Crippen molar-refractivity contribution < 1.29 is 9.90 Å². The lowest BCUT2D eigenvalue weighted by Crippen LogP contribution is -2.31. The van der Waals surface area contributed by atoms with Crippen molar-refractivity contribution in [2.75, 3.05) is 11.9 Å². The normalized spacial score (nSPS) is 16.9. The van der Waals surface area contributed by atoms with Crippen LogP contribution in [0.4, 0.5) is 5.69 Å². The van der Waals surface area contributed by atoms with E-state index in [0.29, 0.717) is 11.1 Å². The first-order valence-corrected chi connectivity index (χ1v) is 7.89. The third-order valence-electron chi connectivity index (χ3n) is 4.15. The fourth-order valence-electron chi connectivity index (χ4n) is 2.97. The van der Waals surface area contributed by atoms with Crippen LogP contribution in [0.25, 0.3) is 6.08 Å². The van der Waals surface area contributed by atoms with Crippen LogP contribution in [0.2, 0.25) is 5.02 Å². The summed E-state index contributed by atoms with van der Waals surface area (Å²) in [4.78, 5) is 13.0. The Morgan fingerprint density at radius 2 is 1.95 bits per heavy atom. The second kappa shape index (κ2) is 7.51. The van der Waals surface area contributed by atoms with Crippen molar-refractivity contribution in [1.82, 2.24) is 0 Å². The molecule has 0 amide bonds. The zero-order chi connectivity index (χ0) is 15.2. The first-order valence-electron chi connectivity index (χ1n) is 7.51. The Morgan fingerprint density at radius 1 is 1.29 bits per heavy atom. The Kier molecular flexibility index (Phi) is 5.68. The number of anilines is 1. The van der Waals surface area contributed by atoms with Crippen molar-refractivity contribution in [1.29, 1.82) is 0 Å². The number of aliphatic carboxylic acids is 1. The van der Waals surface area contributed by atoms with Crippen LogP contribution in [0.3, 0.4) is 0 Å². The monoisotopic (exact) mass is 307 g/mol. The first kappa shape index (κ1) is 15.9. The van der Waals surface area contributed by atoms with E-state index in [-0.39, 0.29) is 0 Å². The summed E-state index contributed by atoms with van der Waals surface area (Å²) in [6, 6.07) is 6.11. The molecule has 4 heteroatoms. The largest absolute Gasteiger partial charge is 0.478 e. The van der Waals surface area contributed by atoms with Crippen LogP contribution < -0.4 is 4.90 Å². The van der Waals surface area contributed by atoms with Crippen molar-refractivity contribution >= 4 is 29.3 Å². The molecule has 21 heavy (non-hydrogen) atoms. The molecule has 0 aromatic heterocycles. The number of rotatable bonds is 4. The van der Waals surface area contributed by atoms with E-state index in [0.717, 1.165) is 11.3 Å². The topological polar surface area (TPSA) is 40.5 Å². The van der Waals surface area contributed by atoms with Gasteiger partial charge in [-0.3, -0.25) is 0 Å². The minimum Gasteiger partial charge on any atom is -0.478 e. The molecule has 0 heterocycles. The molecule has 1 aromatic carbocycles. The van der Waals surface area contributed by atoms with Gasteiger partial charge in [0.1, 0.15) is 0 Å². The van der Waals surface area contributed by atoms with E-state index in [1.807, 2.05) is 12.1 Å². The van der Waals surface area contributed by atoms with Gasteiger partial charge in [0, 0.05) is 29.9 Å². The molecule has 0 bridgehead atoms. The molecule has 0 atom stereocenters. The van der Waals surface area contributed by atoms with E-state index >= 15 is 0 Å². The van der Waals surface area contributed by atoms with Crippen molar-refractivity contribution in [3.05, 3.63) is 34.9 Å². The molecular weight excluding hydrogens is 286 g/mol. The summed E-state index contributed by atoms with van der Waals surface area (Å²) in [6.07, 6.45) is 10.3. The number of halogens is 1. The van der Waals surface area contributed by atoms with E-state index in [1.165, 1.54) is 44.6 Å². The van der Waals surface area contributed by atoms with Gasteiger partial charge in [-0.2, -0.15) is 0 Å². The third kappa shape index (κ3) is 4.50. The summed E-state index contributed by atoms with van der Waals surface area (Å²) in [7, 11) is 2.08. The van der Waals surface area contributed by atoms with Gasteiger partial charge in [0.15, 0.2) is 0 Å². The molecule has 114 valence electrons. The summed E-state index contributed by atoms with van der Waals surface area (Å²) in [5, 5.41) is 9.50. The molecule has 1 aliphatic carbocycles. The van der Waals surface area contributed by atoms with Crippen LogP contribution in [-0.2, 0) is 4.79 Å². The average Bonchev–Trinajstić information content (AvgIpc) is 2.74. The highest BCUT2D eigenvalue weighted by atomic mass is 35.5. The second-order valence-corrected chi connectivity index (χ2v) is 6.07. The zero-order valence-corrected chi connectivity index (χ0v) is 13.1. The van der Waals surface area contributed by atoms with Crippen LogP contribution in [0.1, 0.15) is 44.1 Å². The first-order chi connectivity index (χ1) is 10.1. The minimum atomic E-state index is -0.937. The van der Waals surface area contributed by atoms with Crippen LogP contribution in [0.5, 0.6) is 0 Å². The molecule has 1 N–H and O–H groups in total. The number of nitrogens with zero attached hydrogens (tertiary/aromatic N) is 1. The Labute approximate surface area is 131 Å². The lowest BCUT2D eigenvalue weighted by Gasteiger charge is -2.30. The maximum atomic E-state index is 10.7. The Hall–Kier alpha value is -1.48. The smallest absolute Gasteiger partial charge is 0.328 e. The van der Waals surface area contributed by atoms with Gasteiger partial charge >= 0.3 is 5.97 Å². The molecule has 0 unspecified atom stereocenters. The molecule has 0 radical (unpaired) electrons. The predicted molar refractivity (Wildman–Crippen MR) is 88.0 cm³/mol. The highest BCUT2D eigenvalue weighted by Crippen LogP contribution is 2.30. The average molecular weight is 308 g/mol. The van der Waals surface area contributed by atoms with Gasteiger partial charge in [0.25, 0.3) is 0 Å². The van der Waals surface area contributed by atoms with E-state index in [9.17, 15) is 4.79 Å². The molecule has 0 spiro atoms. The Balaban J connectivity index is 2.27. The standard InChI is InChI=1S/C17H22ClNO2/c1-19(15-6-4-2-3-5-7-15)16-12-14(18)10-8-13(16)9-11-17(20)21/h8-12,15H,2-7H2,1H3,(H,20,21)/b11-9+. The van der Waals surface area contributed by atoms with Crippen molar-refractivity contribution in [2.45, 2.75) is 44.6 Å². The minimum absolute atomic E-state index is 0.503. The SMILES string of the molecule is CN(c1cc(Cl)ccc1/C=C/C(=O)O)C1CCCCCC1. The second-order valence-electron chi connectivity index (χ2n) is 5.63. The van der Waals surface area contributed by atoms with Crippen LogP contribution >= 0.6 is 11.6 Å². The van der Waals surface area contributed by atoms with Crippen LogP contribution in [-0.4, -0.2) is 24.2 Å². The van der Waals surface area contributed by atoms with Gasteiger partial charge < -0.3 is 10.0 Å². The third-order valence-corrected chi connectivity index (χ3v) is 4.39. The lowest BCUT2D eigenvalue weighted by atomic mass is 10.0. The summed E-state index contributed by atoms with van der Waals surface area (Å²) < 4.78 is 0. The van der Waals surface area contributed by atoms with E-state index in [4.69, 9.17) is 16.7 Å². The summed E-state index contributed by atoms with van der Waals surface area (Å²) >= 11 is 6.13. The number of hydrogen-bond acceptors (Lipinski definition) is 2. The van der Waals surface area contributed by atoms with E-state index in [1.54, 1.807) is 12.1 Å². The summed E-state index contributed by atoms with van der Waals surface area (Å²) in [5.41, 5.74) is 1.90. The van der Waals surface area contributed by atoms with Crippen LogP contribution in [0, 0.1) is 0 Å². The van der Waals surface area contributed by atoms with Gasteiger partial charge in [-0.15, -0.1) is 0 Å². The lowest BCUT2D eigenvalue weighted by molar-refractivity contribution is -0.131. The van der Waals surface area contributed by atoms with Crippen molar-refractivity contribution in [3.63, 3.8) is 0 Å². The fraction of sp³-hybridized carbons (Fsp3) is 0.471. The van der Waals surface area contributed by atoms with Gasteiger partial charge in [-0.25, -0.2) is 4.79 Å². The zero-order valence-electron chi connectivity index (χ0n) is 12.4.